The number of nitrogens with zero attached hydrogens (tertiary/aromatic N) is 1. The zero-order valence-corrected chi connectivity index (χ0v) is 11.9. The van der Waals surface area contributed by atoms with Crippen LogP contribution in [0.5, 0.6) is 5.75 Å². The number of hydrogen-bond acceptors (Lipinski definition) is 2. The van der Waals surface area contributed by atoms with Gasteiger partial charge in [-0.2, -0.15) is 0 Å². The molecule has 0 atom stereocenters. The maximum absolute atomic E-state index is 5.92. The monoisotopic (exact) mass is 246 g/mol. The summed E-state index contributed by atoms with van der Waals surface area (Å²) in [5, 5.41) is 1.27. The Morgan fingerprint density at radius 3 is 2.50 bits per heavy atom. The first-order valence-corrected chi connectivity index (χ1v) is 6.37. The molecular weight excluding hydrogens is 224 g/mol. The molecule has 0 bridgehead atoms. The van der Waals surface area contributed by atoms with Crippen molar-refractivity contribution < 1.29 is 4.74 Å². The lowest BCUT2D eigenvalue weighted by Gasteiger charge is -2.08. The summed E-state index contributed by atoms with van der Waals surface area (Å²) in [4.78, 5) is 0. The molecule has 0 radical (unpaired) electrons. The maximum atomic E-state index is 5.92. The number of benzene rings is 1. The van der Waals surface area contributed by atoms with Crippen LogP contribution in [0.2, 0.25) is 0 Å². The molecule has 3 nitrogen and oxygen atoms in total. The number of nitrogens with two attached hydrogens (primary N) is 1. The molecule has 2 aromatic rings. The van der Waals surface area contributed by atoms with Gasteiger partial charge in [0.25, 0.3) is 0 Å². The maximum Gasteiger partial charge on any atom is 0.143 e. The molecular formula is C15H22N2O. The van der Waals surface area contributed by atoms with Crippen molar-refractivity contribution in [3.8, 4) is 5.75 Å². The van der Waals surface area contributed by atoms with E-state index in [0.717, 1.165) is 11.3 Å². The third kappa shape index (κ3) is 1.79. The molecule has 0 saturated carbocycles. The van der Waals surface area contributed by atoms with Crippen LogP contribution in [0.15, 0.2) is 12.1 Å². The van der Waals surface area contributed by atoms with Crippen LogP contribution < -0.4 is 10.5 Å². The van der Waals surface area contributed by atoms with Crippen LogP contribution in [-0.4, -0.2) is 11.7 Å². The first-order valence-electron chi connectivity index (χ1n) is 6.37. The van der Waals surface area contributed by atoms with Crippen LogP contribution >= 0.6 is 0 Å². The predicted octanol–water partition coefficient (Wildman–Crippen LogP) is 3.08. The Morgan fingerprint density at radius 2 is 2.00 bits per heavy atom. The van der Waals surface area contributed by atoms with Crippen LogP contribution in [0, 0.1) is 6.92 Å². The topological polar surface area (TPSA) is 40.2 Å². The minimum Gasteiger partial charge on any atom is -0.495 e. The normalized spacial score (nSPS) is 11.5. The average molecular weight is 246 g/mol. The Balaban J connectivity index is 2.94. The predicted molar refractivity (Wildman–Crippen MR) is 76.2 cm³/mol. The summed E-state index contributed by atoms with van der Waals surface area (Å²) >= 11 is 0. The van der Waals surface area contributed by atoms with E-state index < -0.39 is 0 Å². The molecule has 0 unspecified atom stereocenters. The SMILES string of the molecule is COc1cc(C)cc2c(C(C)C)c(CN)n(C)c12. The summed E-state index contributed by atoms with van der Waals surface area (Å²) < 4.78 is 7.69. The highest BCUT2D eigenvalue weighted by Gasteiger charge is 2.19. The Morgan fingerprint density at radius 1 is 1.33 bits per heavy atom. The van der Waals surface area contributed by atoms with E-state index in [1.807, 2.05) is 0 Å². The van der Waals surface area contributed by atoms with Gasteiger partial charge in [0.05, 0.1) is 12.6 Å². The molecule has 0 aliphatic rings. The van der Waals surface area contributed by atoms with Crippen LogP contribution in [0.25, 0.3) is 10.9 Å². The van der Waals surface area contributed by atoms with Crippen molar-refractivity contribution >= 4 is 10.9 Å². The third-order valence-electron chi connectivity index (χ3n) is 3.55. The average Bonchev–Trinajstić information content (AvgIpc) is 2.60. The number of aryl methyl sites for hydroxylation is 2. The molecule has 0 amide bonds. The molecule has 0 aliphatic carbocycles. The standard InChI is InChI=1S/C15H22N2O/c1-9(2)14-11-6-10(3)7-13(18-5)15(11)17(4)12(14)8-16/h6-7,9H,8,16H2,1-5H3. The van der Waals surface area contributed by atoms with Gasteiger partial charge < -0.3 is 15.0 Å². The number of aromatic nitrogens is 1. The molecule has 1 aromatic carbocycles. The van der Waals surface area contributed by atoms with Crippen LogP contribution in [0.4, 0.5) is 0 Å². The number of hydrogen-bond donors (Lipinski definition) is 1. The first kappa shape index (κ1) is 13.0. The van der Waals surface area contributed by atoms with Crippen molar-refractivity contribution in [1.29, 1.82) is 0 Å². The molecule has 2 N–H and O–H groups in total. The van der Waals surface area contributed by atoms with E-state index in [9.17, 15) is 0 Å². The van der Waals surface area contributed by atoms with Gasteiger partial charge in [0.1, 0.15) is 5.75 Å². The van der Waals surface area contributed by atoms with E-state index in [-0.39, 0.29) is 0 Å². The molecule has 98 valence electrons. The van der Waals surface area contributed by atoms with Gasteiger partial charge in [-0.05, 0) is 36.1 Å². The number of fused-ring (bicyclic) bond motifs is 1. The summed E-state index contributed by atoms with van der Waals surface area (Å²) in [5.74, 6) is 1.38. The lowest BCUT2D eigenvalue weighted by molar-refractivity contribution is 0.417. The van der Waals surface area contributed by atoms with E-state index in [1.54, 1.807) is 7.11 Å². The zero-order valence-electron chi connectivity index (χ0n) is 11.9. The van der Waals surface area contributed by atoms with Gasteiger partial charge >= 0.3 is 0 Å². The molecule has 0 spiro atoms. The van der Waals surface area contributed by atoms with E-state index in [4.69, 9.17) is 10.5 Å². The van der Waals surface area contributed by atoms with Gasteiger partial charge in [-0.25, -0.2) is 0 Å². The summed E-state index contributed by atoms with van der Waals surface area (Å²) in [6.45, 7) is 7.08. The molecule has 0 fully saturated rings. The van der Waals surface area contributed by atoms with Gasteiger partial charge in [-0.3, -0.25) is 0 Å². The first-order chi connectivity index (χ1) is 8.51. The summed E-state index contributed by atoms with van der Waals surface area (Å²) in [7, 11) is 3.78. The van der Waals surface area contributed by atoms with Gasteiger partial charge in [0.2, 0.25) is 0 Å². The van der Waals surface area contributed by atoms with Crippen molar-refractivity contribution in [2.24, 2.45) is 12.8 Å². The lowest BCUT2D eigenvalue weighted by atomic mass is 9.98. The molecule has 0 aliphatic heterocycles. The minimum absolute atomic E-state index is 0.457. The highest BCUT2D eigenvalue weighted by molar-refractivity contribution is 5.91. The molecule has 1 heterocycles. The molecule has 18 heavy (non-hydrogen) atoms. The summed E-state index contributed by atoms with van der Waals surface area (Å²) in [6.07, 6.45) is 0. The quantitative estimate of drug-likeness (QED) is 0.904. The fourth-order valence-corrected chi connectivity index (χ4v) is 2.81. The van der Waals surface area contributed by atoms with Crippen molar-refractivity contribution in [2.45, 2.75) is 33.2 Å². The number of ether oxygens (including phenoxy) is 1. The molecule has 3 heteroatoms. The largest absolute Gasteiger partial charge is 0.495 e. The van der Waals surface area contributed by atoms with E-state index >= 15 is 0 Å². The second-order valence-electron chi connectivity index (χ2n) is 5.14. The number of methoxy groups -OCH3 is 1. The van der Waals surface area contributed by atoms with E-state index in [0.29, 0.717) is 12.5 Å². The van der Waals surface area contributed by atoms with Crippen molar-refractivity contribution in [1.82, 2.24) is 4.57 Å². The van der Waals surface area contributed by atoms with Crippen molar-refractivity contribution in [3.05, 3.63) is 29.0 Å². The fourth-order valence-electron chi connectivity index (χ4n) is 2.81. The Bertz CT molecular complexity index is 582. The van der Waals surface area contributed by atoms with Gasteiger partial charge in [0.15, 0.2) is 0 Å². The van der Waals surface area contributed by atoms with Crippen LogP contribution in [0.1, 0.15) is 36.6 Å². The molecule has 0 saturated heterocycles. The van der Waals surface area contributed by atoms with Crippen LogP contribution in [-0.2, 0) is 13.6 Å². The molecule has 2 rings (SSSR count). The zero-order chi connectivity index (χ0) is 13.4. The summed E-state index contributed by atoms with van der Waals surface area (Å²) in [6, 6.07) is 4.30. The Hall–Kier alpha value is -1.48. The Labute approximate surface area is 109 Å². The van der Waals surface area contributed by atoms with Gasteiger partial charge in [-0.15, -0.1) is 0 Å². The smallest absolute Gasteiger partial charge is 0.143 e. The molecule has 1 aromatic heterocycles. The van der Waals surface area contributed by atoms with Crippen molar-refractivity contribution in [3.63, 3.8) is 0 Å². The van der Waals surface area contributed by atoms with Gasteiger partial charge in [0, 0.05) is 24.7 Å². The highest BCUT2D eigenvalue weighted by Crippen LogP contribution is 2.36. The van der Waals surface area contributed by atoms with Crippen molar-refractivity contribution in [2.75, 3.05) is 7.11 Å². The van der Waals surface area contributed by atoms with E-state index in [2.05, 4.69) is 44.5 Å². The summed E-state index contributed by atoms with van der Waals surface area (Å²) in [5.41, 5.74) is 10.8. The second kappa shape index (κ2) is 4.65. The van der Waals surface area contributed by atoms with Crippen LogP contribution in [0.3, 0.4) is 0 Å². The second-order valence-corrected chi connectivity index (χ2v) is 5.14. The third-order valence-corrected chi connectivity index (χ3v) is 3.55. The lowest BCUT2D eigenvalue weighted by Crippen LogP contribution is -2.06. The van der Waals surface area contributed by atoms with E-state index in [1.165, 1.54) is 22.2 Å². The van der Waals surface area contributed by atoms with Gasteiger partial charge in [-0.1, -0.05) is 13.8 Å². The Kier molecular flexibility index (Phi) is 3.35. The number of rotatable bonds is 3. The minimum atomic E-state index is 0.457. The highest BCUT2D eigenvalue weighted by atomic mass is 16.5. The fraction of sp³-hybridized carbons (Fsp3) is 0.467.